The monoisotopic (exact) mass is 433 g/mol. The second-order valence-corrected chi connectivity index (χ2v) is 10.4. The summed E-state index contributed by atoms with van der Waals surface area (Å²) < 4.78 is 5.63. The summed E-state index contributed by atoms with van der Waals surface area (Å²) in [4.78, 5) is 33.9. The van der Waals surface area contributed by atoms with Crippen LogP contribution in [0.25, 0.3) is 0 Å². The van der Waals surface area contributed by atoms with Gasteiger partial charge in [0.05, 0.1) is 28.9 Å². The average Bonchev–Trinajstić information content (AvgIpc) is 3.50. The number of aromatic nitrogens is 1. The Kier molecular flexibility index (Phi) is 5.73. The minimum atomic E-state index is -0.467. The summed E-state index contributed by atoms with van der Waals surface area (Å²) in [6, 6.07) is 0. The number of esters is 1. The number of fused-ring (bicyclic) bond motifs is 1. The highest BCUT2D eigenvalue weighted by molar-refractivity contribution is 6.33. The van der Waals surface area contributed by atoms with Gasteiger partial charge in [-0.05, 0) is 52.4 Å². The van der Waals surface area contributed by atoms with Crippen LogP contribution >= 0.6 is 11.6 Å². The van der Waals surface area contributed by atoms with Crippen LogP contribution in [0, 0.1) is 17.8 Å². The molecule has 2 unspecified atom stereocenters. The van der Waals surface area contributed by atoms with Gasteiger partial charge in [0.1, 0.15) is 5.60 Å². The zero-order valence-corrected chi connectivity index (χ0v) is 19.2. The fraction of sp³-hybridized carbons (Fsp3) is 0.696. The van der Waals surface area contributed by atoms with Crippen molar-refractivity contribution in [2.45, 2.75) is 65.5 Å². The van der Waals surface area contributed by atoms with Crippen LogP contribution in [0.1, 0.15) is 58.2 Å². The number of anilines is 1. The second-order valence-electron chi connectivity index (χ2n) is 10.0. The first-order chi connectivity index (χ1) is 14.1. The van der Waals surface area contributed by atoms with Crippen molar-refractivity contribution in [1.82, 2.24) is 9.88 Å². The highest BCUT2D eigenvalue weighted by Gasteiger charge is 2.38. The van der Waals surface area contributed by atoms with Crippen LogP contribution in [0.2, 0.25) is 5.02 Å². The lowest BCUT2D eigenvalue weighted by molar-refractivity contribution is -0.162. The first-order valence-corrected chi connectivity index (χ1v) is 11.4. The summed E-state index contributed by atoms with van der Waals surface area (Å²) in [5, 5.41) is 0.652. The van der Waals surface area contributed by atoms with Crippen LogP contribution < -0.4 is 4.90 Å². The Morgan fingerprint density at radius 1 is 1.20 bits per heavy atom. The van der Waals surface area contributed by atoms with Gasteiger partial charge in [-0.3, -0.25) is 14.6 Å². The van der Waals surface area contributed by atoms with Crippen molar-refractivity contribution in [3.63, 3.8) is 0 Å². The Hall–Kier alpha value is -1.82. The van der Waals surface area contributed by atoms with Crippen molar-refractivity contribution >= 4 is 29.2 Å². The van der Waals surface area contributed by atoms with Crippen LogP contribution in [-0.4, -0.2) is 47.0 Å². The van der Waals surface area contributed by atoms with Gasteiger partial charge in [0.2, 0.25) is 5.91 Å². The first kappa shape index (κ1) is 21.4. The van der Waals surface area contributed by atoms with Crippen LogP contribution in [0.5, 0.6) is 0 Å². The molecule has 30 heavy (non-hydrogen) atoms. The van der Waals surface area contributed by atoms with Crippen molar-refractivity contribution in [1.29, 1.82) is 0 Å². The number of ether oxygens (including phenoxy) is 1. The number of halogens is 1. The van der Waals surface area contributed by atoms with E-state index in [1.807, 2.05) is 25.7 Å². The molecule has 1 saturated heterocycles. The molecule has 1 aliphatic carbocycles. The van der Waals surface area contributed by atoms with Gasteiger partial charge in [0.15, 0.2) is 0 Å². The summed E-state index contributed by atoms with van der Waals surface area (Å²) in [7, 11) is 0. The van der Waals surface area contributed by atoms with E-state index in [1.165, 1.54) is 0 Å². The Morgan fingerprint density at radius 3 is 2.57 bits per heavy atom. The van der Waals surface area contributed by atoms with E-state index in [0.29, 0.717) is 11.6 Å². The fourth-order valence-electron chi connectivity index (χ4n) is 4.65. The van der Waals surface area contributed by atoms with E-state index in [9.17, 15) is 9.59 Å². The minimum Gasteiger partial charge on any atom is -0.460 e. The number of hydrogen-bond donors (Lipinski definition) is 0. The van der Waals surface area contributed by atoms with Crippen LogP contribution in [0.3, 0.4) is 0 Å². The highest BCUT2D eigenvalue weighted by atomic mass is 35.5. The van der Waals surface area contributed by atoms with E-state index < -0.39 is 5.60 Å². The number of pyridine rings is 1. The third-order valence-electron chi connectivity index (χ3n) is 6.34. The number of rotatable bonds is 3. The molecule has 2 atom stereocenters. The van der Waals surface area contributed by atoms with Gasteiger partial charge in [-0.1, -0.05) is 18.5 Å². The molecule has 0 spiro atoms. The van der Waals surface area contributed by atoms with Crippen LogP contribution in [-0.2, 0) is 27.3 Å². The van der Waals surface area contributed by atoms with Gasteiger partial charge >= 0.3 is 5.97 Å². The van der Waals surface area contributed by atoms with E-state index in [2.05, 4.69) is 16.8 Å². The predicted octanol–water partition coefficient (Wildman–Crippen LogP) is 3.83. The minimum absolute atomic E-state index is 0.0939. The van der Waals surface area contributed by atoms with Crippen LogP contribution in [0.4, 0.5) is 5.69 Å². The van der Waals surface area contributed by atoms with E-state index >= 15 is 0 Å². The highest BCUT2D eigenvalue weighted by Crippen LogP contribution is 2.39. The van der Waals surface area contributed by atoms with Gasteiger partial charge in [0.25, 0.3) is 0 Å². The molecule has 2 aliphatic heterocycles. The maximum Gasteiger partial charge on any atom is 0.309 e. The molecule has 1 aromatic heterocycles. The van der Waals surface area contributed by atoms with Gasteiger partial charge in [-0.25, -0.2) is 0 Å². The molecule has 0 radical (unpaired) electrons. The maximum absolute atomic E-state index is 12.6. The zero-order chi connectivity index (χ0) is 21.6. The number of piperidine rings is 1. The molecule has 3 aliphatic rings. The van der Waals surface area contributed by atoms with E-state index in [0.717, 1.165) is 62.3 Å². The SMILES string of the molecule is CC1CN(c2c(Cl)cnc3c2CCN(C(=O)C2CC2)C3)CCC1C(=O)OC(C)(C)C. The molecule has 0 N–H and O–H groups in total. The molecular weight excluding hydrogens is 402 g/mol. The summed E-state index contributed by atoms with van der Waals surface area (Å²) in [5.74, 6) is 0.470. The van der Waals surface area contributed by atoms with Crippen molar-refractivity contribution in [3.8, 4) is 0 Å². The normalized spacial score (nSPS) is 24.4. The van der Waals surface area contributed by atoms with E-state index in [-0.39, 0.29) is 29.6 Å². The summed E-state index contributed by atoms with van der Waals surface area (Å²) in [6.45, 7) is 10.6. The molecule has 2 fully saturated rings. The molecule has 7 heteroatoms. The number of amides is 1. The quantitative estimate of drug-likeness (QED) is 0.678. The third kappa shape index (κ3) is 4.43. The van der Waals surface area contributed by atoms with Gasteiger partial charge in [-0.2, -0.15) is 0 Å². The van der Waals surface area contributed by atoms with Gasteiger partial charge < -0.3 is 14.5 Å². The van der Waals surface area contributed by atoms with Crippen molar-refractivity contribution < 1.29 is 14.3 Å². The average molecular weight is 434 g/mol. The molecular formula is C23H32ClN3O3. The van der Waals surface area contributed by atoms with Crippen molar-refractivity contribution in [2.75, 3.05) is 24.5 Å². The lowest BCUT2D eigenvalue weighted by atomic mass is 9.86. The van der Waals surface area contributed by atoms with Crippen molar-refractivity contribution in [3.05, 3.63) is 22.5 Å². The van der Waals surface area contributed by atoms with E-state index in [4.69, 9.17) is 16.3 Å². The lowest BCUT2D eigenvalue weighted by Crippen LogP contribution is -2.45. The van der Waals surface area contributed by atoms with E-state index in [1.54, 1.807) is 6.20 Å². The van der Waals surface area contributed by atoms with Crippen LogP contribution in [0.15, 0.2) is 6.20 Å². The van der Waals surface area contributed by atoms with Crippen molar-refractivity contribution in [2.24, 2.45) is 17.8 Å². The molecule has 164 valence electrons. The number of carbonyl (C=O) groups is 2. The van der Waals surface area contributed by atoms with Gasteiger partial charge in [-0.15, -0.1) is 0 Å². The molecule has 0 bridgehead atoms. The fourth-order valence-corrected chi connectivity index (χ4v) is 4.94. The smallest absolute Gasteiger partial charge is 0.309 e. The maximum atomic E-state index is 12.6. The molecule has 3 heterocycles. The molecule has 0 aromatic carbocycles. The number of nitrogens with zero attached hydrogens (tertiary/aromatic N) is 3. The Balaban J connectivity index is 1.49. The Morgan fingerprint density at radius 2 is 1.93 bits per heavy atom. The predicted molar refractivity (Wildman–Crippen MR) is 116 cm³/mol. The summed E-state index contributed by atoms with van der Waals surface area (Å²) in [5.41, 5.74) is 2.68. The molecule has 4 rings (SSSR count). The zero-order valence-electron chi connectivity index (χ0n) is 18.4. The second kappa shape index (κ2) is 8.03. The molecule has 1 saturated carbocycles. The first-order valence-electron chi connectivity index (χ1n) is 11.1. The Labute approximate surface area is 183 Å². The Bertz CT molecular complexity index is 847. The topological polar surface area (TPSA) is 62.7 Å². The third-order valence-corrected chi connectivity index (χ3v) is 6.61. The number of hydrogen-bond acceptors (Lipinski definition) is 5. The molecule has 1 amide bonds. The number of carbonyl (C=O) groups excluding carboxylic acids is 2. The largest absolute Gasteiger partial charge is 0.460 e. The van der Waals surface area contributed by atoms with Gasteiger partial charge in [0, 0.05) is 37.3 Å². The summed E-state index contributed by atoms with van der Waals surface area (Å²) in [6.07, 6.45) is 5.27. The molecule has 1 aromatic rings. The summed E-state index contributed by atoms with van der Waals surface area (Å²) >= 11 is 6.61. The molecule has 6 nitrogen and oxygen atoms in total. The lowest BCUT2D eigenvalue weighted by Gasteiger charge is -2.40. The standard InChI is InChI=1S/C23H32ClN3O3/c1-14-12-26(9-7-16(14)22(29)30-23(2,3)4)20-17-8-10-27(21(28)15-5-6-15)13-19(17)25-11-18(20)24/h11,14-16H,5-10,12-13H2,1-4H3.